The number of anilines is 1. The number of nitrogens with zero attached hydrogens (tertiary/aromatic N) is 2. The van der Waals surface area contributed by atoms with Gasteiger partial charge < -0.3 is 0 Å². The molecule has 138 valence electrons. The Kier molecular flexibility index (Phi) is 5.42. The van der Waals surface area contributed by atoms with Crippen molar-refractivity contribution >= 4 is 50.0 Å². The molecule has 3 aromatic carbocycles. The molecule has 1 aromatic heterocycles. The van der Waals surface area contributed by atoms with E-state index in [2.05, 4.69) is 38.6 Å². The molecular weight excluding hydrogens is 434 g/mol. The lowest BCUT2D eigenvalue weighted by atomic mass is 10.0. The summed E-state index contributed by atoms with van der Waals surface area (Å²) in [6, 6.07) is 26.0. The van der Waals surface area contributed by atoms with Crippen molar-refractivity contribution in [1.82, 2.24) is 4.98 Å². The lowest BCUT2D eigenvalue weighted by molar-refractivity contribution is 1.25. The fraction of sp³-hybridized carbons (Fsp3) is 0.0435. The van der Waals surface area contributed by atoms with E-state index in [0.29, 0.717) is 10.8 Å². The zero-order valence-electron chi connectivity index (χ0n) is 15.2. The van der Waals surface area contributed by atoms with Crippen molar-refractivity contribution in [2.75, 3.05) is 5.43 Å². The lowest BCUT2D eigenvalue weighted by Crippen LogP contribution is -2.01. The van der Waals surface area contributed by atoms with E-state index in [0.717, 1.165) is 37.8 Å². The highest BCUT2D eigenvalue weighted by atomic mass is 79.9. The second-order valence-electron chi connectivity index (χ2n) is 6.40. The first-order valence-corrected chi connectivity index (χ1v) is 9.99. The molecule has 0 amide bonds. The zero-order chi connectivity index (χ0) is 19.5. The number of rotatable bonds is 4. The Hall–Kier alpha value is -2.69. The van der Waals surface area contributed by atoms with Crippen molar-refractivity contribution in [1.29, 1.82) is 0 Å². The number of aromatic nitrogens is 1. The molecule has 4 rings (SSSR count). The third-order valence-electron chi connectivity index (χ3n) is 4.46. The van der Waals surface area contributed by atoms with Gasteiger partial charge in [-0.05, 0) is 60.0 Å². The van der Waals surface area contributed by atoms with Crippen molar-refractivity contribution in [3.63, 3.8) is 0 Å². The van der Waals surface area contributed by atoms with Crippen LogP contribution in [-0.2, 0) is 0 Å². The lowest BCUT2D eigenvalue weighted by Gasteiger charge is -2.11. The fourth-order valence-corrected chi connectivity index (χ4v) is 3.45. The van der Waals surface area contributed by atoms with Gasteiger partial charge in [0.15, 0.2) is 0 Å². The first-order chi connectivity index (χ1) is 13.6. The molecule has 3 nitrogen and oxygen atoms in total. The van der Waals surface area contributed by atoms with E-state index in [1.165, 1.54) is 0 Å². The molecule has 0 unspecified atom stereocenters. The largest absolute Gasteiger partial charge is 0.261 e. The van der Waals surface area contributed by atoms with Gasteiger partial charge in [0.25, 0.3) is 0 Å². The van der Waals surface area contributed by atoms with E-state index in [9.17, 15) is 0 Å². The van der Waals surface area contributed by atoms with Gasteiger partial charge in [0.2, 0.25) is 0 Å². The van der Waals surface area contributed by atoms with Gasteiger partial charge in [-0.1, -0.05) is 70.0 Å². The Morgan fingerprint density at radius 2 is 1.71 bits per heavy atom. The molecule has 0 saturated heterocycles. The third kappa shape index (κ3) is 4.08. The molecule has 0 radical (unpaired) electrons. The maximum atomic E-state index is 6.23. The van der Waals surface area contributed by atoms with Crippen molar-refractivity contribution in [3.8, 4) is 11.1 Å². The average Bonchev–Trinajstić information content (AvgIpc) is 2.72. The highest BCUT2D eigenvalue weighted by molar-refractivity contribution is 9.10. The van der Waals surface area contributed by atoms with Gasteiger partial charge in [0, 0.05) is 14.9 Å². The number of fused-ring (bicyclic) bond motifs is 1. The van der Waals surface area contributed by atoms with E-state index in [1.807, 2.05) is 73.7 Å². The van der Waals surface area contributed by atoms with Gasteiger partial charge in [-0.3, -0.25) is 5.43 Å². The fourth-order valence-electron chi connectivity index (χ4n) is 3.01. The van der Waals surface area contributed by atoms with Crippen LogP contribution in [0.15, 0.2) is 88.4 Å². The van der Waals surface area contributed by atoms with Crippen LogP contribution in [0, 0.1) is 0 Å². The van der Waals surface area contributed by atoms with Gasteiger partial charge >= 0.3 is 0 Å². The van der Waals surface area contributed by atoms with Crippen molar-refractivity contribution < 1.29 is 0 Å². The Morgan fingerprint density at radius 1 is 0.964 bits per heavy atom. The molecule has 0 spiro atoms. The van der Waals surface area contributed by atoms with Crippen LogP contribution >= 0.6 is 27.5 Å². The second kappa shape index (κ2) is 8.13. The monoisotopic (exact) mass is 449 g/mol. The summed E-state index contributed by atoms with van der Waals surface area (Å²) in [5, 5.41) is 6.22. The number of pyridine rings is 1. The smallest absolute Gasteiger partial charge is 0.147 e. The molecule has 0 saturated carbocycles. The van der Waals surface area contributed by atoms with Gasteiger partial charge in [-0.15, -0.1) is 0 Å². The molecule has 0 aliphatic rings. The van der Waals surface area contributed by atoms with E-state index in [1.54, 1.807) is 0 Å². The molecule has 1 heterocycles. The molecule has 1 N–H and O–H groups in total. The predicted octanol–water partition coefficient (Wildman–Crippen LogP) is 7.15. The van der Waals surface area contributed by atoms with Crippen LogP contribution < -0.4 is 5.43 Å². The number of hydrazone groups is 1. The van der Waals surface area contributed by atoms with Crippen molar-refractivity contribution in [3.05, 3.63) is 93.9 Å². The predicted molar refractivity (Wildman–Crippen MR) is 122 cm³/mol. The first kappa shape index (κ1) is 18.7. The molecular formula is C23H17BrClN3. The second-order valence-corrected chi connectivity index (χ2v) is 7.75. The molecule has 28 heavy (non-hydrogen) atoms. The molecule has 0 atom stereocenters. The Balaban J connectivity index is 1.74. The van der Waals surface area contributed by atoms with Crippen LogP contribution in [0.25, 0.3) is 22.0 Å². The normalized spacial score (nSPS) is 11.6. The molecule has 5 heteroatoms. The Labute approximate surface area is 177 Å². The summed E-state index contributed by atoms with van der Waals surface area (Å²) in [4.78, 5) is 4.70. The number of hydrogen-bond acceptors (Lipinski definition) is 3. The number of benzene rings is 3. The minimum absolute atomic E-state index is 0.685. The maximum absolute atomic E-state index is 6.23. The summed E-state index contributed by atoms with van der Waals surface area (Å²) < 4.78 is 1.04. The molecule has 4 aromatic rings. The van der Waals surface area contributed by atoms with Gasteiger partial charge in [0.1, 0.15) is 5.82 Å². The van der Waals surface area contributed by atoms with E-state index in [4.69, 9.17) is 16.6 Å². The van der Waals surface area contributed by atoms with Crippen LogP contribution in [0.4, 0.5) is 5.82 Å². The van der Waals surface area contributed by atoms with Gasteiger partial charge in [-0.2, -0.15) is 5.10 Å². The average molecular weight is 451 g/mol. The van der Waals surface area contributed by atoms with Gasteiger partial charge in [0.05, 0.1) is 11.2 Å². The van der Waals surface area contributed by atoms with Crippen molar-refractivity contribution in [2.45, 2.75) is 6.92 Å². The van der Waals surface area contributed by atoms with Crippen LogP contribution in [0.1, 0.15) is 12.5 Å². The molecule has 0 aliphatic carbocycles. The molecule has 0 fully saturated rings. The summed E-state index contributed by atoms with van der Waals surface area (Å²) in [6.45, 7) is 1.97. The van der Waals surface area contributed by atoms with Crippen LogP contribution in [0.5, 0.6) is 0 Å². The van der Waals surface area contributed by atoms with E-state index in [-0.39, 0.29) is 0 Å². The standard InChI is InChI=1S/C23H17BrClN3/c1-15(16-7-9-18(24)10-8-16)27-28-23-14-20(17-5-3-2-4-6-17)21-13-19(25)11-12-22(21)26-23/h2-14H,1H3,(H,26,28)/b27-15-. The molecule has 0 bridgehead atoms. The summed E-state index contributed by atoms with van der Waals surface area (Å²) >= 11 is 9.68. The number of halogens is 2. The summed E-state index contributed by atoms with van der Waals surface area (Å²) in [5.41, 5.74) is 8.07. The summed E-state index contributed by atoms with van der Waals surface area (Å²) in [5.74, 6) is 0.685. The topological polar surface area (TPSA) is 37.3 Å². The Bertz CT molecular complexity index is 1160. The first-order valence-electron chi connectivity index (χ1n) is 8.82. The minimum atomic E-state index is 0.685. The third-order valence-corrected chi connectivity index (χ3v) is 5.22. The highest BCUT2D eigenvalue weighted by Crippen LogP contribution is 2.32. The maximum Gasteiger partial charge on any atom is 0.147 e. The van der Waals surface area contributed by atoms with Crippen LogP contribution in [0.3, 0.4) is 0 Å². The Morgan fingerprint density at radius 3 is 2.46 bits per heavy atom. The van der Waals surface area contributed by atoms with Crippen molar-refractivity contribution in [2.24, 2.45) is 5.10 Å². The van der Waals surface area contributed by atoms with E-state index < -0.39 is 0 Å². The highest BCUT2D eigenvalue weighted by Gasteiger charge is 2.09. The van der Waals surface area contributed by atoms with Gasteiger partial charge in [-0.25, -0.2) is 4.98 Å². The quantitative estimate of drug-likeness (QED) is 0.265. The SMILES string of the molecule is C/C(=N/Nc1cc(-c2ccccc2)c2cc(Cl)ccc2n1)c1ccc(Br)cc1. The van der Waals surface area contributed by atoms with Crippen LogP contribution in [0.2, 0.25) is 5.02 Å². The van der Waals surface area contributed by atoms with Crippen LogP contribution in [-0.4, -0.2) is 10.7 Å². The minimum Gasteiger partial charge on any atom is -0.261 e. The zero-order valence-corrected chi connectivity index (χ0v) is 17.5. The van der Waals surface area contributed by atoms with E-state index >= 15 is 0 Å². The number of hydrogen-bond donors (Lipinski definition) is 1. The summed E-state index contributed by atoms with van der Waals surface area (Å²) in [7, 11) is 0. The molecule has 0 aliphatic heterocycles. The summed E-state index contributed by atoms with van der Waals surface area (Å²) in [6.07, 6.45) is 0. The number of nitrogens with one attached hydrogen (secondary N) is 1.